The summed E-state index contributed by atoms with van der Waals surface area (Å²) in [7, 11) is 1.71. The predicted molar refractivity (Wildman–Crippen MR) is 87.3 cm³/mol. The molecular weight excluding hydrogens is 286 g/mol. The highest BCUT2D eigenvalue weighted by molar-refractivity contribution is 6.31. The first-order chi connectivity index (χ1) is 10.0. The molecule has 2 unspecified atom stereocenters. The van der Waals surface area contributed by atoms with Gasteiger partial charge in [0.05, 0.1) is 7.11 Å². The summed E-state index contributed by atoms with van der Waals surface area (Å²) in [5, 5.41) is 10.5. The van der Waals surface area contributed by atoms with Crippen LogP contribution in [0.4, 0.5) is 0 Å². The number of nitrogens with zero attached hydrogens (tertiary/aromatic N) is 1. The van der Waals surface area contributed by atoms with Crippen LogP contribution in [0.25, 0.3) is 0 Å². The quantitative estimate of drug-likeness (QED) is 0.899. The molecule has 0 aliphatic carbocycles. The molecule has 1 aliphatic rings. The molecular formula is C17H26ClNO2. The lowest BCUT2D eigenvalue weighted by Crippen LogP contribution is -2.33. The highest BCUT2D eigenvalue weighted by Crippen LogP contribution is 2.42. The van der Waals surface area contributed by atoms with Gasteiger partial charge in [-0.25, -0.2) is 0 Å². The first-order valence-corrected chi connectivity index (χ1v) is 8.07. The van der Waals surface area contributed by atoms with Crippen LogP contribution in [0.5, 0.6) is 5.75 Å². The summed E-state index contributed by atoms with van der Waals surface area (Å²) in [4.78, 5) is 2.46. The second-order valence-corrected chi connectivity index (χ2v) is 6.50. The third-order valence-corrected chi connectivity index (χ3v) is 4.96. The summed E-state index contributed by atoms with van der Waals surface area (Å²) in [6.45, 7) is 8.48. The lowest BCUT2D eigenvalue weighted by Gasteiger charge is -2.35. The lowest BCUT2D eigenvalue weighted by molar-refractivity contribution is 0.123. The van der Waals surface area contributed by atoms with Gasteiger partial charge in [-0.15, -0.1) is 0 Å². The largest absolute Gasteiger partial charge is 0.496 e. The molecule has 2 atom stereocenters. The highest BCUT2D eigenvalue weighted by atomic mass is 35.5. The zero-order valence-electron chi connectivity index (χ0n) is 13.4. The molecule has 0 bridgehead atoms. The molecule has 0 aromatic heterocycles. The molecule has 1 aliphatic heterocycles. The third-order valence-electron chi connectivity index (χ3n) is 4.57. The summed E-state index contributed by atoms with van der Waals surface area (Å²) in [6.07, 6.45) is 2.44. The van der Waals surface area contributed by atoms with Gasteiger partial charge in [0.15, 0.2) is 0 Å². The van der Waals surface area contributed by atoms with E-state index in [-0.39, 0.29) is 18.6 Å². The minimum absolute atomic E-state index is 0.147. The zero-order valence-corrected chi connectivity index (χ0v) is 14.2. The van der Waals surface area contributed by atoms with Crippen molar-refractivity contribution in [3.8, 4) is 5.75 Å². The monoisotopic (exact) mass is 311 g/mol. The van der Waals surface area contributed by atoms with Crippen LogP contribution in [0.15, 0.2) is 6.07 Å². The van der Waals surface area contributed by atoms with E-state index in [2.05, 4.69) is 11.8 Å². The molecule has 4 heteroatoms. The molecule has 3 nitrogen and oxygen atoms in total. The van der Waals surface area contributed by atoms with Crippen LogP contribution >= 0.6 is 11.6 Å². The summed E-state index contributed by atoms with van der Waals surface area (Å²) >= 11 is 6.41. The topological polar surface area (TPSA) is 32.7 Å². The number of ether oxygens (including phenoxy) is 1. The van der Waals surface area contributed by atoms with E-state index in [0.717, 1.165) is 40.6 Å². The molecule has 1 aromatic carbocycles. The number of hydrogen-bond donors (Lipinski definition) is 1. The molecule has 0 amide bonds. The fraction of sp³-hybridized carbons (Fsp3) is 0.647. The Morgan fingerprint density at radius 3 is 2.48 bits per heavy atom. The second kappa shape index (κ2) is 6.99. The van der Waals surface area contributed by atoms with Crippen LogP contribution in [-0.2, 0) is 0 Å². The molecule has 0 radical (unpaired) electrons. The Hall–Kier alpha value is -0.770. The molecule has 1 saturated heterocycles. The molecule has 0 spiro atoms. The maximum absolute atomic E-state index is 9.72. The van der Waals surface area contributed by atoms with Crippen molar-refractivity contribution in [2.45, 2.75) is 39.7 Å². The maximum atomic E-state index is 9.72. The third kappa shape index (κ3) is 3.20. The average Bonchev–Trinajstić information content (AvgIpc) is 2.98. The highest BCUT2D eigenvalue weighted by Gasteiger charge is 2.32. The van der Waals surface area contributed by atoms with Gasteiger partial charge >= 0.3 is 0 Å². The van der Waals surface area contributed by atoms with Gasteiger partial charge in [0.1, 0.15) is 5.75 Å². The van der Waals surface area contributed by atoms with Crippen molar-refractivity contribution >= 4 is 11.6 Å². The smallest absolute Gasteiger partial charge is 0.126 e. The second-order valence-electron chi connectivity index (χ2n) is 6.09. The Labute approximate surface area is 132 Å². The molecule has 0 saturated carbocycles. The van der Waals surface area contributed by atoms with Gasteiger partial charge in [-0.3, -0.25) is 4.90 Å². The maximum Gasteiger partial charge on any atom is 0.126 e. The van der Waals surface area contributed by atoms with Crippen molar-refractivity contribution in [3.63, 3.8) is 0 Å². The lowest BCUT2D eigenvalue weighted by atomic mass is 9.88. The van der Waals surface area contributed by atoms with E-state index in [1.807, 2.05) is 19.9 Å². The standard InChI is InChI=1S/C17H26ClNO2/c1-11-9-14(18)13(3)15(17(11)21-4)16(12(2)10-20)19-7-5-6-8-19/h9,12,16,20H,5-8,10H2,1-4H3. The van der Waals surface area contributed by atoms with Gasteiger partial charge < -0.3 is 9.84 Å². The van der Waals surface area contributed by atoms with Gasteiger partial charge in [-0.05, 0) is 62.9 Å². The molecule has 1 aromatic rings. The van der Waals surface area contributed by atoms with E-state index >= 15 is 0 Å². The number of methoxy groups -OCH3 is 1. The molecule has 2 rings (SSSR count). The Kier molecular flexibility index (Phi) is 5.53. The van der Waals surface area contributed by atoms with Crippen LogP contribution in [0.1, 0.15) is 42.5 Å². The van der Waals surface area contributed by atoms with Crippen LogP contribution in [-0.4, -0.2) is 36.8 Å². The minimum Gasteiger partial charge on any atom is -0.496 e. The van der Waals surface area contributed by atoms with Crippen LogP contribution < -0.4 is 4.74 Å². The van der Waals surface area contributed by atoms with Crippen molar-refractivity contribution < 1.29 is 9.84 Å². The van der Waals surface area contributed by atoms with Gasteiger partial charge in [0.2, 0.25) is 0 Å². The molecule has 1 N–H and O–H groups in total. The number of aliphatic hydroxyl groups excluding tert-OH is 1. The fourth-order valence-corrected chi connectivity index (χ4v) is 3.71. The van der Waals surface area contributed by atoms with E-state index in [1.165, 1.54) is 12.8 Å². The van der Waals surface area contributed by atoms with Crippen molar-refractivity contribution in [2.24, 2.45) is 5.92 Å². The van der Waals surface area contributed by atoms with Crippen molar-refractivity contribution in [2.75, 3.05) is 26.8 Å². The SMILES string of the molecule is COc1c(C)cc(Cl)c(C)c1C(C(C)CO)N1CCCC1. The van der Waals surface area contributed by atoms with Crippen LogP contribution in [0.2, 0.25) is 5.02 Å². The van der Waals surface area contributed by atoms with Crippen LogP contribution in [0, 0.1) is 19.8 Å². The molecule has 118 valence electrons. The summed E-state index contributed by atoms with van der Waals surface area (Å²) in [5.74, 6) is 1.06. The summed E-state index contributed by atoms with van der Waals surface area (Å²) in [5.41, 5.74) is 3.26. The van der Waals surface area contributed by atoms with Crippen LogP contribution in [0.3, 0.4) is 0 Å². The van der Waals surface area contributed by atoms with E-state index in [0.29, 0.717) is 0 Å². The molecule has 21 heavy (non-hydrogen) atoms. The van der Waals surface area contributed by atoms with Gasteiger partial charge in [0, 0.05) is 23.2 Å². The van der Waals surface area contributed by atoms with E-state index in [4.69, 9.17) is 16.3 Å². The van der Waals surface area contributed by atoms with Crippen molar-refractivity contribution in [1.29, 1.82) is 0 Å². The van der Waals surface area contributed by atoms with Gasteiger partial charge in [0.25, 0.3) is 0 Å². The molecule has 1 fully saturated rings. The number of hydrogen-bond acceptors (Lipinski definition) is 3. The first-order valence-electron chi connectivity index (χ1n) is 7.69. The van der Waals surface area contributed by atoms with Crippen molar-refractivity contribution in [1.82, 2.24) is 4.90 Å². The van der Waals surface area contributed by atoms with Gasteiger partial charge in [-0.1, -0.05) is 18.5 Å². The number of rotatable bonds is 5. The Balaban J connectivity index is 2.57. The van der Waals surface area contributed by atoms with E-state index < -0.39 is 0 Å². The number of aryl methyl sites for hydroxylation is 1. The Morgan fingerprint density at radius 2 is 1.95 bits per heavy atom. The first kappa shape index (κ1) is 16.6. The number of benzene rings is 1. The fourth-order valence-electron chi connectivity index (χ4n) is 3.45. The Bertz CT molecular complexity index is 498. The minimum atomic E-state index is 0.147. The number of halogens is 1. The summed E-state index contributed by atoms with van der Waals surface area (Å²) < 4.78 is 5.68. The van der Waals surface area contributed by atoms with E-state index in [9.17, 15) is 5.11 Å². The molecule has 1 heterocycles. The number of aliphatic hydroxyl groups is 1. The van der Waals surface area contributed by atoms with E-state index in [1.54, 1.807) is 7.11 Å². The average molecular weight is 312 g/mol. The number of likely N-dealkylation sites (tertiary alicyclic amines) is 1. The normalized spacial score (nSPS) is 18.8. The van der Waals surface area contributed by atoms with Gasteiger partial charge in [-0.2, -0.15) is 0 Å². The summed E-state index contributed by atoms with van der Waals surface area (Å²) in [6, 6.07) is 2.12. The van der Waals surface area contributed by atoms with Crippen molar-refractivity contribution in [3.05, 3.63) is 27.8 Å². The predicted octanol–water partition coefficient (Wildman–Crippen LogP) is 3.73. The Morgan fingerprint density at radius 1 is 1.33 bits per heavy atom. The zero-order chi connectivity index (χ0) is 15.6.